The molecule has 25 heavy (non-hydrogen) atoms. The van der Waals surface area contributed by atoms with Crippen molar-refractivity contribution in [2.45, 2.75) is 37.0 Å². The molecule has 3 N–H and O–H groups in total. The molecule has 3 rings (SSSR count). The maximum Gasteiger partial charge on any atom is 0.261 e. The quantitative estimate of drug-likeness (QED) is 0.628. The lowest BCUT2D eigenvalue weighted by atomic mass is 9.84. The summed E-state index contributed by atoms with van der Waals surface area (Å²) in [6, 6.07) is 12.9. The van der Waals surface area contributed by atoms with Crippen molar-refractivity contribution in [3.8, 4) is 0 Å². The zero-order valence-electron chi connectivity index (χ0n) is 13.9. The van der Waals surface area contributed by atoms with Gasteiger partial charge in [-0.15, -0.1) is 0 Å². The lowest BCUT2D eigenvalue weighted by molar-refractivity contribution is 0.0889. The fourth-order valence-corrected chi connectivity index (χ4v) is 4.30. The van der Waals surface area contributed by atoms with E-state index in [1.165, 1.54) is 18.6 Å². The Labute approximate surface area is 148 Å². The molecule has 1 fully saturated rings. The normalized spacial score (nSPS) is 15.7. The Morgan fingerprint density at radius 2 is 1.68 bits per heavy atom. The monoisotopic (exact) mass is 358 g/mol. The Morgan fingerprint density at radius 1 is 1.00 bits per heavy atom. The molecule has 1 aliphatic rings. The van der Waals surface area contributed by atoms with Crippen LogP contribution in [-0.4, -0.2) is 14.2 Å². The Hall–Kier alpha value is -2.34. The smallest absolute Gasteiger partial charge is 0.261 e. The van der Waals surface area contributed by atoms with Gasteiger partial charge >= 0.3 is 0 Å². The molecule has 1 saturated carbocycles. The molecule has 2 aromatic carbocycles. The van der Waals surface area contributed by atoms with E-state index in [9.17, 15) is 13.2 Å². The topological polar surface area (TPSA) is 89.3 Å². The molecular formula is C19H22N2O3S. The van der Waals surface area contributed by atoms with E-state index in [0.29, 0.717) is 11.3 Å². The molecule has 0 atom stereocenters. The van der Waals surface area contributed by atoms with E-state index < -0.39 is 10.0 Å². The molecule has 0 radical (unpaired) electrons. The maximum atomic E-state index is 12.7. The highest BCUT2D eigenvalue weighted by Gasteiger charge is 2.23. The second-order valence-corrected chi connectivity index (χ2v) is 8.10. The number of sulfonamides is 1. The highest BCUT2D eigenvalue weighted by molar-refractivity contribution is 7.92. The molecule has 0 aromatic heterocycles. The highest BCUT2D eigenvalue weighted by atomic mass is 32.2. The molecule has 2 aromatic rings. The number of carbonyl (C=O) groups excluding carboxylic acids is 1. The lowest BCUT2D eigenvalue weighted by Crippen LogP contribution is -2.19. The van der Waals surface area contributed by atoms with Crippen molar-refractivity contribution < 1.29 is 13.2 Å². The summed E-state index contributed by atoms with van der Waals surface area (Å²) in [5.41, 5.74) is 6.95. The van der Waals surface area contributed by atoms with Crippen molar-refractivity contribution in [3.05, 3.63) is 54.1 Å². The second-order valence-electron chi connectivity index (χ2n) is 6.42. The van der Waals surface area contributed by atoms with Crippen LogP contribution in [0.3, 0.4) is 0 Å². The van der Waals surface area contributed by atoms with E-state index in [-0.39, 0.29) is 22.3 Å². The summed E-state index contributed by atoms with van der Waals surface area (Å²) >= 11 is 0. The number of benzene rings is 2. The molecule has 0 amide bonds. The fourth-order valence-electron chi connectivity index (χ4n) is 3.20. The van der Waals surface area contributed by atoms with E-state index in [0.717, 1.165) is 25.7 Å². The number of nitrogens with two attached hydrogens (primary N) is 1. The number of anilines is 2. The van der Waals surface area contributed by atoms with Gasteiger partial charge in [-0.05, 0) is 43.2 Å². The number of nitrogens with one attached hydrogen (secondary N) is 1. The Bertz CT molecular complexity index is 857. The van der Waals surface area contributed by atoms with Crippen molar-refractivity contribution in [2.24, 2.45) is 5.92 Å². The largest absolute Gasteiger partial charge is 0.397 e. The zero-order valence-corrected chi connectivity index (χ0v) is 14.8. The van der Waals surface area contributed by atoms with Crippen LogP contribution in [0, 0.1) is 5.92 Å². The van der Waals surface area contributed by atoms with Crippen LogP contribution < -0.4 is 10.5 Å². The zero-order chi connectivity index (χ0) is 17.9. The van der Waals surface area contributed by atoms with Crippen LogP contribution in [0.1, 0.15) is 42.5 Å². The van der Waals surface area contributed by atoms with Crippen LogP contribution in [0.4, 0.5) is 11.4 Å². The molecule has 0 bridgehead atoms. The van der Waals surface area contributed by atoms with Gasteiger partial charge in [0.2, 0.25) is 0 Å². The van der Waals surface area contributed by atoms with Gasteiger partial charge < -0.3 is 5.73 Å². The number of hydrogen-bond donors (Lipinski definition) is 2. The first-order chi connectivity index (χ1) is 12.0. The molecule has 0 aliphatic heterocycles. The van der Waals surface area contributed by atoms with Gasteiger partial charge in [0.15, 0.2) is 5.78 Å². The number of ketones is 1. The van der Waals surface area contributed by atoms with Crippen molar-refractivity contribution in [2.75, 3.05) is 10.5 Å². The summed E-state index contributed by atoms with van der Waals surface area (Å²) in [4.78, 5) is 12.8. The maximum absolute atomic E-state index is 12.7. The summed E-state index contributed by atoms with van der Waals surface area (Å²) in [5, 5.41) is 0. The third-order valence-electron chi connectivity index (χ3n) is 4.61. The van der Waals surface area contributed by atoms with Crippen LogP contribution in [0.15, 0.2) is 53.4 Å². The minimum atomic E-state index is -3.74. The number of carbonyl (C=O) groups is 1. The Kier molecular flexibility index (Phi) is 5.08. The Morgan fingerprint density at radius 3 is 2.36 bits per heavy atom. The first-order valence-electron chi connectivity index (χ1n) is 8.49. The Balaban J connectivity index is 1.86. The van der Waals surface area contributed by atoms with Gasteiger partial charge in [-0.2, -0.15) is 0 Å². The van der Waals surface area contributed by atoms with Crippen LogP contribution in [0.2, 0.25) is 0 Å². The first kappa shape index (κ1) is 17.5. The van der Waals surface area contributed by atoms with Crippen LogP contribution in [-0.2, 0) is 10.0 Å². The van der Waals surface area contributed by atoms with E-state index >= 15 is 0 Å². The molecule has 6 heteroatoms. The van der Waals surface area contributed by atoms with Crippen LogP contribution >= 0.6 is 0 Å². The standard InChI is InChI=1S/C19H22N2O3S/c20-17-12-11-15(19(22)14-7-3-1-4-8-14)13-18(17)21-25(23,24)16-9-5-2-6-10-16/h2,5-6,9-14,21H,1,3-4,7-8,20H2. The van der Waals surface area contributed by atoms with Crippen molar-refractivity contribution in [1.82, 2.24) is 0 Å². The number of nitrogen functional groups attached to an aromatic ring is 1. The summed E-state index contributed by atoms with van der Waals surface area (Å²) in [6.45, 7) is 0. The van der Waals surface area contributed by atoms with Crippen molar-refractivity contribution in [3.63, 3.8) is 0 Å². The molecule has 5 nitrogen and oxygen atoms in total. The molecular weight excluding hydrogens is 336 g/mol. The fraction of sp³-hybridized carbons (Fsp3) is 0.316. The average molecular weight is 358 g/mol. The number of hydrogen-bond acceptors (Lipinski definition) is 4. The molecule has 132 valence electrons. The molecule has 0 unspecified atom stereocenters. The second kappa shape index (κ2) is 7.27. The van der Waals surface area contributed by atoms with Crippen molar-refractivity contribution in [1.29, 1.82) is 0 Å². The van der Waals surface area contributed by atoms with Gasteiger partial charge in [-0.25, -0.2) is 8.42 Å². The lowest BCUT2D eigenvalue weighted by Gasteiger charge is -2.21. The van der Waals surface area contributed by atoms with Gasteiger partial charge in [0.05, 0.1) is 16.3 Å². The van der Waals surface area contributed by atoms with Crippen molar-refractivity contribution >= 4 is 27.2 Å². The highest BCUT2D eigenvalue weighted by Crippen LogP contribution is 2.30. The predicted molar refractivity (Wildman–Crippen MR) is 99.0 cm³/mol. The van der Waals surface area contributed by atoms with E-state index in [2.05, 4.69) is 4.72 Å². The van der Waals surface area contributed by atoms with Gasteiger partial charge in [0.25, 0.3) is 10.0 Å². The number of Topliss-reactive ketones (excluding diaryl/α,β-unsaturated/α-hetero) is 1. The minimum absolute atomic E-state index is 0.0240. The molecule has 0 heterocycles. The van der Waals surface area contributed by atoms with Crippen LogP contribution in [0.25, 0.3) is 0 Å². The van der Waals surface area contributed by atoms with Crippen LogP contribution in [0.5, 0.6) is 0 Å². The predicted octanol–water partition coefficient (Wildman–Crippen LogP) is 3.83. The van der Waals surface area contributed by atoms with Gasteiger partial charge in [-0.3, -0.25) is 9.52 Å². The van der Waals surface area contributed by atoms with Gasteiger partial charge in [0, 0.05) is 11.5 Å². The van der Waals surface area contributed by atoms with Gasteiger partial charge in [0.1, 0.15) is 0 Å². The summed E-state index contributed by atoms with van der Waals surface area (Å²) < 4.78 is 27.5. The first-order valence-corrected chi connectivity index (χ1v) is 9.97. The SMILES string of the molecule is Nc1ccc(C(=O)C2CCCCC2)cc1NS(=O)(=O)c1ccccc1. The molecule has 1 aliphatic carbocycles. The molecule has 0 spiro atoms. The van der Waals surface area contributed by atoms with E-state index in [1.807, 2.05) is 0 Å². The summed E-state index contributed by atoms with van der Waals surface area (Å²) in [5.74, 6) is 0.0933. The number of rotatable bonds is 5. The third-order valence-corrected chi connectivity index (χ3v) is 5.99. The third kappa shape index (κ3) is 4.02. The van der Waals surface area contributed by atoms with Gasteiger partial charge in [-0.1, -0.05) is 37.5 Å². The van der Waals surface area contributed by atoms with E-state index in [1.54, 1.807) is 36.4 Å². The molecule has 0 saturated heterocycles. The van der Waals surface area contributed by atoms with E-state index in [4.69, 9.17) is 5.73 Å². The summed E-state index contributed by atoms with van der Waals surface area (Å²) in [7, 11) is -3.74. The summed E-state index contributed by atoms with van der Waals surface area (Å²) in [6.07, 6.45) is 5.11. The average Bonchev–Trinajstić information content (AvgIpc) is 2.64. The minimum Gasteiger partial charge on any atom is -0.397 e.